The van der Waals surface area contributed by atoms with Crippen LogP contribution in [0.2, 0.25) is 0 Å². The highest BCUT2D eigenvalue weighted by Gasteiger charge is 2.12. The van der Waals surface area contributed by atoms with Crippen LogP contribution >= 0.6 is 15.9 Å². The normalized spacial score (nSPS) is 18.1. The molecule has 0 unspecified atom stereocenters. The predicted octanol–water partition coefficient (Wildman–Crippen LogP) is 1.79. The van der Waals surface area contributed by atoms with E-state index in [4.69, 9.17) is 0 Å². The summed E-state index contributed by atoms with van der Waals surface area (Å²) >= 11 is 3.50. The van der Waals surface area contributed by atoms with Crippen LogP contribution in [0.4, 0.5) is 0 Å². The Labute approximate surface area is 118 Å². The first-order valence-electron chi connectivity index (χ1n) is 6.60. The van der Waals surface area contributed by atoms with Crippen molar-refractivity contribution in [2.24, 2.45) is 0 Å². The van der Waals surface area contributed by atoms with Gasteiger partial charge >= 0.3 is 0 Å². The number of nitrogens with one attached hydrogen (secondary N) is 1. The van der Waals surface area contributed by atoms with E-state index in [9.17, 15) is 0 Å². The van der Waals surface area contributed by atoms with Gasteiger partial charge in [0.1, 0.15) is 0 Å². The lowest BCUT2D eigenvalue weighted by Gasteiger charge is -2.32. The Bertz CT molecular complexity index is 362. The summed E-state index contributed by atoms with van der Waals surface area (Å²) in [7, 11) is 2.20. The molecule has 0 aliphatic carbocycles. The minimum absolute atomic E-state index is 0.952. The van der Waals surface area contributed by atoms with E-state index < -0.39 is 0 Å². The Morgan fingerprint density at radius 1 is 1.22 bits per heavy atom. The van der Waals surface area contributed by atoms with Crippen LogP contribution in [0.3, 0.4) is 0 Å². The molecule has 0 atom stereocenters. The van der Waals surface area contributed by atoms with Gasteiger partial charge < -0.3 is 10.2 Å². The van der Waals surface area contributed by atoms with E-state index in [0.29, 0.717) is 0 Å². The SMILES string of the molecule is CN1CCN(CCNCc2cccc(Br)c2)CC1. The number of rotatable bonds is 5. The molecule has 18 heavy (non-hydrogen) atoms. The number of hydrogen-bond donors (Lipinski definition) is 1. The standard InChI is InChI=1S/C14H22BrN3/c1-17-7-9-18(10-8-17)6-5-16-12-13-3-2-4-14(15)11-13/h2-4,11,16H,5-10,12H2,1H3. The molecular formula is C14H22BrN3. The van der Waals surface area contributed by atoms with Crippen LogP contribution in [-0.4, -0.2) is 56.1 Å². The summed E-state index contributed by atoms with van der Waals surface area (Å²) in [5.41, 5.74) is 1.34. The molecule has 0 spiro atoms. The summed E-state index contributed by atoms with van der Waals surface area (Å²) in [6.45, 7) is 7.98. The Balaban J connectivity index is 1.61. The number of benzene rings is 1. The van der Waals surface area contributed by atoms with Crippen LogP contribution in [-0.2, 0) is 6.54 Å². The Morgan fingerprint density at radius 2 is 2.00 bits per heavy atom. The molecule has 1 aliphatic heterocycles. The highest BCUT2D eigenvalue weighted by Crippen LogP contribution is 2.11. The zero-order valence-corrected chi connectivity index (χ0v) is 12.6. The molecule has 1 aliphatic rings. The van der Waals surface area contributed by atoms with Gasteiger partial charge in [-0.1, -0.05) is 28.1 Å². The third-order valence-corrected chi connectivity index (χ3v) is 3.91. The van der Waals surface area contributed by atoms with Gasteiger partial charge in [0.15, 0.2) is 0 Å². The molecule has 0 aromatic heterocycles. The van der Waals surface area contributed by atoms with Crippen molar-refractivity contribution in [2.75, 3.05) is 46.3 Å². The molecule has 0 amide bonds. The van der Waals surface area contributed by atoms with Crippen LogP contribution in [0.15, 0.2) is 28.7 Å². The van der Waals surface area contributed by atoms with Gasteiger partial charge in [-0.15, -0.1) is 0 Å². The van der Waals surface area contributed by atoms with Gasteiger partial charge in [0.2, 0.25) is 0 Å². The maximum absolute atomic E-state index is 3.51. The molecular weight excluding hydrogens is 290 g/mol. The van der Waals surface area contributed by atoms with Crippen LogP contribution in [0, 0.1) is 0 Å². The Hall–Kier alpha value is -0.420. The topological polar surface area (TPSA) is 18.5 Å². The zero-order chi connectivity index (χ0) is 12.8. The lowest BCUT2D eigenvalue weighted by molar-refractivity contribution is 0.154. The van der Waals surface area contributed by atoms with E-state index >= 15 is 0 Å². The van der Waals surface area contributed by atoms with Crippen molar-refractivity contribution in [3.05, 3.63) is 34.3 Å². The lowest BCUT2D eigenvalue weighted by Crippen LogP contribution is -2.46. The summed E-state index contributed by atoms with van der Waals surface area (Å²) in [6, 6.07) is 8.48. The quantitative estimate of drug-likeness (QED) is 0.836. The van der Waals surface area contributed by atoms with Gasteiger partial charge in [0.25, 0.3) is 0 Å². The second-order valence-electron chi connectivity index (χ2n) is 4.95. The second-order valence-corrected chi connectivity index (χ2v) is 5.87. The first-order chi connectivity index (χ1) is 8.74. The van der Waals surface area contributed by atoms with Gasteiger partial charge in [0, 0.05) is 50.3 Å². The largest absolute Gasteiger partial charge is 0.311 e. The van der Waals surface area contributed by atoms with Crippen LogP contribution in [0.5, 0.6) is 0 Å². The van der Waals surface area contributed by atoms with Gasteiger partial charge in [-0.05, 0) is 24.7 Å². The van der Waals surface area contributed by atoms with E-state index in [2.05, 4.69) is 62.4 Å². The van der Waals surface area contributed by atoms with E-state index in [-0.39, 0.29) is 0 Å². The molecule has 1 heterocycles. The van der Waals surface area contributed by atoms with Crippen molar-refractivity contribution >= 4 is 15.9 Å². The highest BCUT2D eigenvalue weighted by atomic mass is 79.9. The second kappa shape index (κ2) is 7.24. The van der Waals surface area contributed by atoms with Crippen LogP contribution in [0.25, 0.3) is 0 Å². The fourth-order valence-corrected chi connectivity index (χ4v) is 2.63. The number of hydrogen-bond acceptors (Lipinski definition) is 3. The maximum atomic E-state index is 3.51. The summed E-state index contributed by atoms with van der Waals surface area (Å²) in [4.78, 5) is 4.93. The fourth-order valence-electron chi connectivity index (χ4n) is 2.19. The van der Waals surface area contributed by atoms with Gasteiger partial charge in [0.05, 0.1) is 0 Å². The van der Waals surface area contributed by atoms with Crippen molar-refractivity contribution < 1.29 is 0 Å². The van der Waals surface area contributed by atoms with E-state index in [1.54, 1.807) is 0 Å². The van der Waals surface area contributed by atoms with Gasteiger partial charge in [-0.2, -0.15) is 0 Å². The molecule has 1 aromatic rings. The summed E-state index contributed by atoms with van der Waals surface area (Å²) in [6.07, 6.45) is 0. The van der Waals surface area contributed by atoms with E-state index in [1.165, 1.54) is 31.7 Å². The van der Waals surface area contributed by atoms with Crippen molar-refractivity contribution in [3.63, 3.8) is 0 Å². The summed E-state index contributed by atoms with van der Waals surface area (Å²) in [5.74, 6) is 0. The monoisotopic (exact) mass is 311 g/mol. The molecule has 2 rings (SSSR count). The first-order valence-corrected chi connectivity index (χ1v) is 7.39. The van der Waals surface area contributed by atoms with Crippen LogP contribution in [0.1, 0.15) is 5.56 Å². The average Bonchev–Trinajstić information content (AvgIpc) is 2.37. The van der Waals surface area contributed by atoms with Crippen molar-refractivity contribution in [2.45, 2.75) is 6.54 Å². The van der Waals surface area contributed by atoms with E-state index in [1.807, 2.05) is 0 Å². The van der Waals surface area contributed by atoms with Gasteiger partial charge in [-0.25, -0.2) is 0 Å². The molecule has 1 aromatic carbocycles. The molecule has 0 radical (unpaired) electrons. The molecule has 0 saturated carbocycles. The molecule has 1 saturated heterocycles. The number of piperazine rings is 1. The van der Waals surface area contributed by atoms with Crippen LogP contribution < -0.4 is 5.32 Å². The molecule has 1 N–H and O–H groups in total. The third-order valence-electron chi connectivity index (χ3n) is 3.42. The summed E-state index contributed by atoms with van der Waals surface area (Å²) in [5, 5.41) is 3.51. The molecule has 100 valence electrons. The Morgan fingerprint density at radius 3 is 2.72 bits per heavy atom. The lowest BCUT2D eigenvalue weighted by atomic mass is 10.2. The molecule has 3 nitrogen and oxygen atoms in total. The zero-order valence-electron chi connectivity index (χ0n) is 11.0. The van der Waals surface area contributed by atoms with Crippen molar-refractivity contribution in [1.82, 2.24) is 15.1 Å². The Kier molecular flexibility index (Phi) is 5.63. The molecule has 4 heteroatoms. The third kappa shape index (κ3) is 4.69. The van der Waals surface area contributed by atoms with E-state index in [0.717, 1.165) is 24.1 Å². The number of halogens is 1. The number of likely N-dealkylation sites (N-methyl/N-ethyl adjacent to an activating group) is 1. The minimum atomic E-state index is 0.952. The predicted molar refractivity (Wildman–Crippen MR) is 79.8 cm³/mol. The number of nitrogens with zero attached hydrogens (tertiary/aromatic N) is 2. The molecule has 1 fully saturated rings. The smallest absolute Gasteiger partial charge is 0.0206 e. The fraction of sp³-hybridized carbons (Fsp3) is 0.571. The van der Waals surface area contributed by atoms with Crippen molar-refractivity contribution in [1.29, 1.82) is 0 Å². The summed E-state index contributed by atoms with van der Waals surface area (Å²) < 4.78 is 1.15. The van der Waals surface area contributed by atoms with Gasteiger partial charge in [-0.3, -0.25) is 4.90 Å². The van der Waals surface area contributed by atoms with Crippen molar-refractivity contribution in [3.8, 4) is 0 Å². The minimum Gasteiger partial charge on any atom is -0.311 e. The average molecular weight is 312 g/mol. The first kappa shape index (κ1) is 14.0. The maximum Gasteiger partial charge on any atom is 0.0206 e. The molecule has 0 bridgehead atoms. The highest BCUT2D eigenvalue weighted by molar-refractivity contribution is 9.10.